The number of hydrogen-bond acceptors (Lipinski definition) is 10. The molecule has 0 aliphatic heterocycles. The molecule has 0 unspecified atom stereocenters. The smallest absolute Gasteiger partial charge is 0.260 e. The minimum Gasteiger partial charge on any atom is -0.394 e. The summed E-state index contributed by atoms with van der Waals surface area (Å²) in [7, 11) is 0. The number of halogens is 2. The molecule has 12 nitrogen and oxygen atoms in total. The van der Waals surface area contributed by atoms with Crippen molar-refractivity contribution < 1.29 is 19.7 Å². The van der Waals surface area contributed by atoms with E-state index in [1.807, 2.05) is 34.2 Å². The summed E-state index contributed by atoms with van der Waals surface area (Å²) < 4.78 is 10.5. The first-order valence-corrected chi connectivity index (χ1v) is 13.7. The fourth-order valence-electron chi connectivity index (χ4n) is 4.47. The van der Waals surface area contributed by atoms with Crippen LogP contribution < -0.4 is 32.9 Å². The zero-order valence-corrected chi connectivity index (χ0v) is 23.7. The van der Waals surface area contributed by atoms with Gasteiger partial charge in [0, 0.05) is 35.2 Å². The normalized spacial score (nSPS) is 11.2. The van der Waals surface area contributed by atoms with Gasteiger partial charge in [0.25, 0.3) is 22.2 Å². The molecule has 42 heavy (non-hydrogen) atoms. The number of aliphatic hydroxyl groups is 2. The third-order valence-electron chi connectivity index (χ3n) is 6.26. The number of hydrogen-bond donors (Lipinski definition) is 6. The molecule has 0 aliphatic carbocycles. The Balaban J connectivity index is 0.000000200. The number of aliphatic hydroxyl groups excluding tert-OH is 2. The molecule has 0 radical (unpaired) electrons. The molecule has 5 aromatic rings. The lowest BCUT2D eigenvalue weighted by Crippen LogP contribution is -2.12. The number of anilines is 2. The second-order valence-electron chi connectivity index (χ2n) is 8.93. The van der Waals surface area contributed by atoms with Crippen molar-refractivity contribution in [2.75, 3.05) is 63.4 Å². The van der Waals surface area contributed by atoms with Crippen LogP contribution in [0.5, 0.6) is 0 Å². The van der Waals surface area contributed by atoms with Crippen LogP contribution in [0.1, 0.15) is 0 Å². The fraction of sp³-hybridized carbons (Fsp3) is 0.286. The van der Waals surface area contributed by atoms with Gasteiger partial charge >= 0.3 is 0 Å². The van der Waals surface area contributed by atoms with Crippen LogP contribution in [0.3, 0.4) is 0 Å². The zero-order valence-electron chi connectivity index (χ0n) is 22.2. The summed E-state index contributed by atoms with van der Waals surface area (Å²) in [6.07, 6.45) is 0. The number of H-pyrrole nitrogens is 2. The second kappa shape index (κ2) is 14.4. The molecule has 0 bridgehead atoms. The Morgan fingerprint density at radius 1 is 0.595 bits per heavy atom. The number of rotatable bonds is 12. The molecule has 0 saturated carbocycles. The second-order valence-corrected chi connectivity index (χ2v) is 9.68. The maximum Gasteiger partial charge on any atom is 0.260 e. The van der Waals surface area contributed by atoms with Crippen LogP contribution in [0.15, 0.2) is 55.6 Å². The van der Waals surface area contributed by atoms with Crippen molar-refractivity contribution in [3.8, 4) is 0 Å². The number of aromatic amines is 2. The van der Waals surface area contributed by atoms with Crippen LogP contribution in [0, 0.1) is 0 Å². The van der Waals surface area contributed by atoms with Gasteiger partial charge in [0.1, 0.15) is 0 Å². The largest absolute Gasteiger partial charge is 0.394 e. The molecule has 5 rings (SSSR count). The van der Waals surface area contributed by atoms with Crippen molar-refractivity contribution in [2.24, 2.45) is 0 Å². The van der Waals surface area contributed by atoms with Gasteiger partial charge in [-0.15, -0.1) is 0 Å². The van der Waals surface area contributed by atoms with Crippen molar-refractivity contribution in [3.05, 3.63) is 87.9 Å². The Morgan fingerprint density at radius 2 is 0.952 bits per heavy atom. The van der Waals surface area contributed by atoms with Gasteiger partial charge in [-0.25, -0.2) is 0 Å². The molecule has 222 valence electrons. The maximum absolute atomic E-state index is 11.5. The Labute approximate surface area is 247 Å². The highest BCUT2D eigenvalue weighted by Crippen LogP contribution is 2.32. The van der Waals surface area contributed by atoms with E-state index >= 15 is 0 Å². The topological polar surface area (TPSA) is 183 Å². The van der Waals surface area contributed by atoms with Gasteiger partial charge in [0.15, 0.2) is 0 Å². The molecule has 0 fully saturated rings. The predicted octanol–water partition coefficient (Wildman–Crippen LogP) is 1.95. The molecule has 0 saturated heterocycles. The first-order chi connectivity index (χ1) is 20.3. The molecular weight excluding hydrogens is 591 g/mol. The molecule has 0 atom stereocenters. The quantitative estimate of drug-likeness (QED) is 0.113. The Kier molecular flexibility index (Phi) is 10.7. The van der Waals surface area contributed by atoms with Crippen LogP contribution in [0.4, 0.5) is 11.4 Å². The van der Waals surface area contributed by atoms with Gasteiger partial charge < -0.3 is 30.3 Å². The summed E-state index contributed by atoms with van der Waals surface area (Å²) in [6, 6.07) is 12.3. The van der Waals surface area contributed by atoms with E-state index in [2.05, 4.69) is 22.8 Å². The van der Waals surface area contributed by atoms with E-state index in [0.29, 0.717) is 39.5 Å². The monoisotopic (exact) mass is 618 g/mol. The predicted molar refractivity (Wildman–Crippen MR) is 164 cm³/mol. The average Bonchev–Trinajstić information content (AvgIpc) is 3.45. The van der Waals surface area contributed by atoms with Gasteiger partial charge in [-0.05, 0) is 12.1 Å². The van der Waals surface area contributed by atoms with E-state index in [4.69, 9.17) is 42.9 Å². The minimum atomic E-state index is -0.739. The molecule has 6 N–H and O–H groups in total. The number of nitrogens with one attached hydrogen (secondary N) is 4. The minimum absolute atomic E-state index is 0.0469. The summed E-state index contributed by atoms with van der Waals surface area (Å²) in [4.78, 5) is 50.2. The van der Waals surface area contributed by atoms with Crippen LogP contribution in [-0.4, -0.2) is 72.9 Å². The summed E-state index contributed by atoms with van der Waals surface area (Å²) in [5, 5.41) is 25.3. The van der Waals surface area contributed by atoms with E-state index in [1.165, 1.54) is 0 Å². The zero-order chi connectivity index (χ0) is 30.2. The van der Waals surface area contributed by atoms with Crippen LogP contribution in [0.25, 0.3) is 32.3 Å². The number of aromatic nitrogens is 2. The Hall–Kier alpha value is -3.78. The lowest BCUT2D eigenvalue weighted by molar-refractivity contribution is 0.0992. The van der Waals surface area contributed by atoms with E-state index in [-0.39, 0.29) is 44.8 Å². The lowest BCUT2D eigenvalue weighted by Gasteiger charge is -2.14. The van der Waals surface area contributed by atoms with Gasteiger partial charge in [-0.3, -0.25) is 29.1 Å². The molecule has 14 heteroatoms. The molecule has 0 spiro atoms. The first kappa shape index (κ1) is 31.2. The van der Waals surface area contributed by atoms with Crippen molar-refractivity contribution >= 4 is 66.9 Å². The Morgan fingerprint density at radius 3 is 1.29 bits per heavy atom. The highest BCUT2D eigenvalue weighted by atomic mass is 35.5. The fourth-order valence-corrected chi connectivity index (χ4v) is 5.19. The van der Waals surface area contributed by atoms with E-state index < -0.39 is 22.2 Å². The SMILES string of the molecule is O=c1[nH]c(=O)c2c(Cl)c3c(=O)[nH]c(=O)c3c(Cl)c12.OCCOCCNc1cccc2c(NCCOCCO)cccc12. The molecular formula is C28H28Cl2N4O8. The van der Waals surface area contributed by atoms with E-state index in [9.17, 15) is 19.2 Å². The third-order valence-corrected chi connectivity index (χ3v) is 7.01. The van der Waals surface area contributed by atoms with Crippen LogP contribution >= 0.6 is 23.2 Å². The van der Waals surface area contributed by atoms with Crippen molar-refractivity contribution in [2.45, 2.75) is 0 Å². The number of ether oxygens (including phenoxy) is 2. The van der Waals surface area contributed by atoms with E-state index in [1.54, 1.807) is 0 Å². The lowest BCUT2D eigenvalue weighted by atomic mass is 10.1. The van der Waals surface area contributed by atoms with Crippen molar-refractivity contribution in [1.29, 1.82) is 0 Å². The van der Waals surface area contributed by atoms with Crippen LogP contribution in [0.2, 0.25) is 10.0 Å². The molecule has 0 aliphatic rings. The summed E-state index contributed by atoms with van der Waals surface area (Å²) in [5.41, 5.74) is -0.844. The van der Waals surface area contributed by atoms with Gasteiger partial charge in [-0.2, -0.15) is 0 Å². The molecule has 0 amide bonds. The maximum atomic E-state index is 11.5. The third kappa shape index (κ3) is 6.65. The van der Waals surface area contributed by atoms with Gasteiger partial charge in [-0.1, -0.05) is 47.5 Å². The highest BCUT2D eigenvalue weighted by molar-refractivity contribution is 6.47. The highest BCUT2D eigenvalue weighted by Gasteiger charge is 2.23. The van der Waals surface area contributed by atoms with E-state index in [0.717, 1.165) is 22.1 Å². The summed E-state index contributed by atoms with van der Waals surface area (Å²) in [6.45, 7) is 3.30. The summed E-state index contributed by atoms with van der Waals surface area (Å²) in [5.74, 6) is 0. The molecule has 3 aromatic carbocycles. The first-order valence-electron chi connectivity index (χ1n) is 12.9. The van der Waals surface area contributed by atoms with Crippen LogP contribution in [-0.2, 0) is 9.47 Å². The Bertz CT molecular complexity index is 1680. The van der Waals surface area contributed by atoms with Gasteiger partial charge in [0.2, 0.25) is 0 Å². The number of benzene rings is 3. The standard InChI is InChI=1S/C18H26N2O4.C10H2Cl2N2O4/c21-9-13-23-11-7-19-17-5-1-3-15-16(17)4-2-6-18(15)20-8-12-24-14-10-22;11-5-1-2(8(16)13-7(1)15)6(12)4-3(5)9(17)14-10(4)18/h1-6,19-22H,7-14H2;(H,13,15,16)(H,14,17,18). The number of fused-ring (bicyclic) bond motifs is 3. The van der Waals surface area contributed by atoms with Crippen molar-refractivity contribution in [1.82, 2.24) is 9.97 Å². The molecule has 2 aromatic heterocycles. The molecule has 2 heterocycles. The average molecular weight is 619 g/mol. The van der Waals surface area contributed by atoms with Gasteiger partial charge in [0.05, 0.1) is 71.2 Å². The summed E-state index contributed by atoms with van der Waals surface area (Å²) >= 11 is 11.8. The van der Waals surface area contributed by atoms with Crippen molar-refractivity contribution in [3.63, 3.8) is 0 Å².